The molecule has 4 rings (SSSR count). The number of aromatic nitrogens is 1. The summed E-state index contributed by atoms with van der Waals surface area (Å²) in [7, 11) is 0. The van der Waals surface area contributed by atoms with Gasteiger partial charge in [-0.25, -0.2) is 10.5 Å². The van der Waals surface area contributed by atoms with Gasteiger partial charge in [-0.1, -0.05) is 17.7 Å². The van der Waals surface area contributed by atoms with Crippen molar-refractivity contribution < 1.29 is 10.0 Å². The Morgan fingerprint density at radius 1 is 1.12 bits per heavy atom. The van der Waals surface area contributed by atoms with Gasteiger partial charge in [0.05, 0.1) is 11.6 Å². The lowest BCUT2D eigenvalue weighted by atomic mass is 10.2. The van der Waals surface area contributed by atoms with Gasteiger partial charge < -0.3 is 9.80 Å². The highest BCUT2D eigenvalue weighted by molar-refractivity contribution is 5.93. The van der Waals surface area contributed by atoms with Crippen molar-refractivity contribution in [2.45, 2.75) is 25.4 Å². The van der Waals surface area contributed by atoms with Crippen LogP contribution in [0.3, 0.4) is 0 Å². The lowest BCUT2D eigenvalue weighted by Crippen LogP contribution is -2.46. The van der Waals surface area contributed by atoms with E-state index in [0.717, 1.165) is 25.3 Å². The minimum atomic E-state index is -0.539. The van der Waals surface area contributed by atoms with Gasteiger partial charge in [-0.3, -0.25) is 10.0 Å². The molecule has 2 saturated heterocycles. The van der Waals surface area contributed by atoms with Crippen LogP contribution < -0.4 is 15.3 Å². The van der Waals surface area contributed by atoms with Crippen molar-refractivity contribution >= 4 is 17.4 Å². The van der Waals surface area contributed by atoms with Crippen LogP contribution >= 0.6 is 0 Å². The normalized spacial score (nSPS) is 22.1. The second kappa shape index (κ2) is 5.79. The molecule has 2 aliphatic rings. The molecule has 0 spiro atoms. The standard InChI is InChI=1S/C18H20N4O2/c1-12-2-5-14(6-3-12)21-10-16-8-15(21)11-22(16)17-7-4-13(9-19-17)18(23)20-24/h2-7,9,15-16,24H,8,10-11H2,1H3,(H,20,23)/t15-,16-/m1/s1. The Morgan fingerprint density at radius 2 is 1.83 bits per heavy atom. The van der Waals surface area contributed by atoms with E-state index in [4.69, 9.17) is 5.21 Å². The van der Waals surface area contributed by atoms with Crippen LogP contribution in [-0.4, -0.2) is 41.3 Å². The van der Waals surface area contributed by atoms with E-state index in [-0.39, 0.29) is 0 Å². The first kappa shape index (κ1) is 15.0. The zero-order valence-corrected chi connectivity index (χ0v) is 13.5. The van der Waals surface area contributed by atoms with Crippen LogP contribution in [0.15, 0.2) is 42.6 Å². The van der Waals surface area contributed by atoms with Gasteiger partial charge >= 0.3 is 0 Å². The van der Waals surface area contributed by atoms with E-state index in [0.29, 0.717) is 17.6 Å². The maximum atomic E-state index is 11.4. The van der Waals surface area contributed by atoms with E-state index in [1.54, 1.807) is 11.5 Å². The van der Waals surface area contributed by atoms with Crippen molar-refractivity contribution in [2.75, 3.05) is 22.9 Å². The van der Waals surface area contributed by atoms with E-state index in [9.17, 15) is 4.79 Å². The number of pyridine rings is 1. The summed E-state index contributed by atoms with van der Waals surface area (Å²) in [6.45, 7) is 4.04. The van der Waals surface area contributed by atoms with Crippen molar-refractivity contribution in [3.63, 3.8) is 0 Å². The van der Waals surface area contributed by atoms with Gasteiger partial charge in [0.1, 0.15) is 5.82 Å². The number of benzene rings is 1. The molecule has 3 heterocycles. The third kappa shape index (κ3) is 2.49. The number of nitrogens with one attached hydrogen (secondary N) is 1. The molecule has 1 amide bonds. The van der Waals surface area contributed by atoms with Gasteiger partial charge in [0, 0.05) is 31.0 Å². The summed E-state index contributed by atoms with van der Waals surface area (Å²) in [4.78, 5) is 20.6. The average Bonchev–Trinajstić information content (AvgIpc) is 3.22. The maximum absolute atomic E-state index is 11.4. The molecule has 2 fully saturated rings. The van der Waals surface area contributed by atoms with Crippen LogP contribution in [0.2, 0.25) is 0 Å². The zero-order chi connectivity index (χ0) is 16.7. The van der Waals surface area contributed by atoms with Crippen molar-refractivity contribution in [3.8, 4) is 0 Å². The van der Waals surface area contributed by atoms with Crippen LogP contribution in [0.4, 0.5) is 11.5 Å². The Hall–Kier alpha value is -2.60. The van der Waals surface area contributed by atoms with Gasteiger partial charge in [-0.15, -0.1) is 0 Å². The number of carbonyl (C=O) groups is 1. The summed E-state index contributed by atoms with van der Waals surface area (Å²) in [6, 6.07) is 13.2. The number of amides is 1. The molecule has 2 bridgehead atoms. The minimum Gasteiger partial charge on any atom is -0.365 e. The molecule has 2 aliphatic heterocycles. The van der Waals surface area contributed by atoms with Gasteiger partial charge in [0.25, 0.3) is 5.91 Å². The average molecular weight is 324 g/mol. The maximum Gasteiger partial charge on any atom is 0.276 e. The number of nitrogens with zero attached hydrogens (tertiary/aromatic N) is 3. The Labute approximate surface area is 140 Å². The van der Waals surface area contributed by atoms with Gasteiger partial charge in [0.15, 0.2) is 0 Å². The second-order valence-electron chi connectivity index (χ2n) is 6.53. The number of rotatable bonds is 3. The monoisotopic (exact) mass is 324 g/mol. The molecule has 6 nitrogen and oxygen atoms in total. The second-order valence-corrected chi connectivity index (χ2v) is 6.53. The minimum absolute atomic E-state index is 0.354. The molecule has 2 N–H and O–H groups in total. The summed E-state index contributed by atoms with van der Waals surface area (Å²) in [6.07, 6.45) is 2.64. The quantitative estimate of drug-likeness (QED) is 0.667. The number of carbonyl (C=O) groups excluding carboxylic acids is 1. The highest BCUT2D eigenvalue weighted by Gasteiger charge is 2.43. The smallest absolute Gasteiger partial charge is 0.276 e. The fourth-order valence-electron chi connectivity index (χ4n) is 3.75. The Balaban J connectivity index is 1.48. The van der Waals surface area contributed by atoms with Crippen LogP contribution in [0.25, 0.3) is 0 Å². The lowest BCUT2D eigenvalue weighted by Gasteiger charge is -2.36. The number of fused-ring (bicyclic) bond motifs is 2. The van der Waals surface area contributed by atoms with E-state index in [1.165, 1.54) is 17.4 Å². The summed E-state index contributed by atoms with van der Waals surface area (Å²) in [5.74, 6) is 0.350. The Bertz CT molecular complexity index is 745. The highest BCUT2D eigenvalue weighted by atomic mass is 16.5. The van der Waals surface area contributed by atoms with E-state index in [1.807, 2.05) is 6.07 Å². The number of aryl methyl sites for hydroxylation is 1. The Morgan fingerprint density at radius 3 is 2.42 bits per heavy atom. The number of piperazine rings is 1. The molecular weight excluding hydrogens is 304 g/mol. The van der Waals surface area contributed by atoms with Crippen LogP contribution in [0.5, 0.6) is 0 Å². The Kier molecular flexibility index (Phi) is 3.61. The third-order valence-electron chi connectivity index (χ3n) is 5.01. The predicted octanol–water partition coefficient (Wildman–Crippen LogP) is 1.98. The SMILES string of the molecule is Cc1ccc(N2C[C@H]3C[C@@H]2CN3c2ccc(C(=O)NO)cn2)cc1. The van der Waals surface area contributed by atoms with Crippen molar-refractivity contribution in [3.05, 3.63) is 53.7 Å². The predicted molar refractivity (Wildman–Crippen MR) is 91.6 cm³/mol. The van der Waals surface area contributed by atoms with Crippen LogP contribution in [-0.2, 0) is 0 Å². The fourth-order valence-corrected chi connectivity index (χ4v) is 3.75. The molecule has 24 heavy (non-hydrogen) atoms. The molecule has 0 unspecified atom stereocenters. The fraction of sp³-hybridized carbons (Fsp3) is 0.333. The number of hydroxylamine groups is 1. The molecule has 2 aromatic rings. The molecule has 6 heteroatoms. The van der Waals surface area contributed by atoms with Crippen LogP contribution in [0.1, 0.15) is 22.3 Å². The summed E-state index contributed by atoms with van der Waals surface area (Å²) >= 11 is 0. The summed E-state index contributed by atoms with van der Waals surface area (Å²) in [5.41, 5.74) is 4.55. The first-order valence-corrected chi connectivity index (χ1v) is 8.16. The molecule has 124 valence electrons. The largest absolute Gasteiger partial charge is 0.365 e. The van der Waals surface area contributed by atoms with E-state index in [2.05, 4.69) is 46.0 Å². The van der Waals surface area contributed by atoms with E-state index >= 15 is 0 Å². The van der Waals surface area contributed by atoms with Crippen LogP contribution in [0, 0.1) is 6.92 Å². The molecule has 0 radical (unpaired) electrons. The number of hydrogen-bond donors (Lipinski definition) is 2. The summed E-state index contributed by atoms with van der Waals surface area (Å²) in [5, 5.41) is 8.67. The molecule has 0 saturated carbocycles. The first-order valence-electron chi connectivity index (χ1n) is 8.16. The number of anilines is 2. The number of hydrogen-bond acceptors (Lipinski definition) is 5. The van der Waals surface area contributed by atoms with Crippen molar-refractivity contribution in [1.29, 1.82) is 0 Å². The van der Waals surface area contributed by atoms with E-state index < -0.39 is 5.91 Å². The third-order valence-corrected chi connectivity index (χ3v) is 5.01. The lowest BCUT2D eigenvalue weighted by molar-refractivity contribution is 0.0706. The molecule has 2 atom stereocenters. The first-order chi connectivity index (χ1) is 11.7. The van der Waals surface area contributed by atoms with Crippen molar-refractivity contribution in [1.82, 2.24) is 10.5 Å². The van der Waals surface area contributed by atoms with Gasteiger partial charge in [-0.2, -0.15) is 0 Å². The zero-order valence-electron chi connectivity index (χ0n) is 13.5. The van der Waals surface area contributed by atoms with Crippen molar-refractivity contribution in [2.24, 2.45) is 0 Å². The highest BCUT2D eigenvalue weighted by Crippen LogP contribution is 2.36. The molecule has 1 aromatic carbocycles. The molecule has 0 aliphatic carbocycles. The summed E-state index contributed by atoms with van der Waals surface area (Å²) < 4.78 is 0. The molecular formula is C18H20N4O2. The molecule has 1 aromatic heterocycles. The van der Waals surface area contributed by atoms with Gasteiger partial charge in [-0.05, 0) is 37.6 Å². The van der Waals surface area contributed by atoms with Gasteiger partial charge in [0.2, 0.25) is 0 Å². The topological polar surface area (TPSA) is 68.7 Å².